The van der Waals surface area contributed by atoms with Gasteiger partial charge in [-0.2, -0.15) is 0 Å². The summed E-state index contributed by atoms with van der Waals surface area (Å²) in [5.41, 5.74) is 6.33. The van der Waals surface area contributed by atoms with Crippen LogP contribution in [0.5, 0.6) is 0 Å². The Balaban J connectivity index is 2.21. The average Bonchev–Trinajstić information content (AvgIpc) is 2.87. The largest absolute Gasteiger partial charge is 0.354 e. The zero-order chi connectivity index (χ0) is 14.4. The molecule has 3 aromatic carbocycles. The van der Waals surface area contributed by atoms with Gasteiger partial charge in [0.05, 0.1) is 5.52 Å². The Bertz CT molecular complexity index is 952. The van der Waals surface area contributed by atoms with E-state index in [2.05, 4.69) is 95.2 Å². The van der Waals surface area contributed by atoms with Gasteiger partial charge in [0.15, 0.2) is 0 Å². The van der Waals surface area contributed by atoms with Gasteiger partial charge in [0, 0.05) is 25.4 Å². The van der Waals surface area contributed by atoms with Crippen molar-refractivity contribution in [3.63, 3.8) is 0 Å². The van der Waals surface area contributed by atoms with Gasteiger partial charge in [0.25, 0.3) is 0 Å². The van der Waals surface area contributed by atoms with Crippen LogP contribution in [0.1, 0.15) is 5.56 Å². The average molecular weight is 383 g/mol. The first-order valence-electron chi connectivity index (χ1n) is 7.00. The van der Waals surface area contributed by atoms with E-state index in [9.17, 15) is 0 Å². The molecule has 0 atom stereocenters. The van der Waals surface area contributed by atoms with Crippen LogP contribution in [0.2, 0.25) is 0 Å². The Labute approximate surface area is 137 Å². The van der Waals surface area contributed by atoms with Crippen molar-refractivity contribution in [1.82, 2.24) is 4.98 Å². The quantitative estimate of drug-likeness (QED) is 0.394. The Morgan fingerprint density at radius 2 is 1.57 bits per heavy atom. The standard InChI is InChI=1S/C19H14IN/c1-12-11-15-14-9-5-6-10-16(14)21-19(15)17(18(12)20)13-7-3-2-4-8-13/h2-11,21H,1H3. The Morgan fingerprint density at radius 3 is 2.38 bits per heavy atom. The van der Waals surface area contributed by atoms with Gasteiger partial charge in [-0.05, 0) is 52.8 Å². The molecule has 1 N–H and O–H groups in total. The van der Waals surface area contributed by atoms with E-state index in [1.54, 1.807) is 0 Å². The zero-order valence-corrected chi connectivity index (χ0v) is 13.8. The van der Waals surface area contributed by atoms with Crippen LogP contribution in [0.15, 0.2) is 60.7 Å². The van der Waals surface area contributed by atoms with E-state index in [1.807, 2.05) is 0 Å². The van der Waals surface area contributed by atoms with Crippen molar-refractivity contribution in [2.45, 2.75) is 6.92 Å². The number of fused-ring (bicyclic) bond motifs is 3. The Hall–Kier alpha value is -1.81. The van der Waals surface area contributed by atoms with Gasteiger partial charge in [-0.1, -0.05) is 48.5 Å². The van der Waals surface area contributed by atoms with Crippen LogP contribution in [0.4, 0.5) is 0 Å². The summed E-state index contributed by atoms with van der Waals surface area (Å²) in [4.78, 5) is 3.61. The van der Waals surface area contributed by atoms with Crippen molar-refractivity contribution in [2.75, 3.05) is 0 Å². The number of hydrogen-bond acceptors (Lipinski definition) is 0. The fourth-order valence-corrected chi connectivity index (χ4v) is 3.71. The number of para-hydroxylation sites is 1. The van der Waals surface area contributed by atoms with Gasteiger partial charge in [-0.3, -0.25) is 0 Å². The van der Waals surface area contributed by atoms with Crippen molar-refractivity contribution in [3.05, 3.63) is 69.8 Å². The van der Waals surface area contributed by atoms with E-state index in [1.165, 1.54) is 42.1 Å². The molecule has 21 heavy (non-hydrogen) atoms. The minimum Gasteiger partial charge on any atom is -0.354 e. The Kier molecular flexibility index (Phi) is 3.00. The van der Waals surface area contributed by atoms with E-state index in [0.717, 1.165) is 0 Å². The number of nitrogens with one attached hydrogen (secondary N) is 1. The molecule has 0 saturated carbocycles. The molecule has 1 heterocycles. The normalized spacial score (nSPS) is 11.3. The van der Waals surface area contributed by atoms with E-state index >= 15 is 0 Å². The summed E-state index contributed by atoms with van der Waals surface area (Å²) < 4.78 is 1.32. The third-order valence-corrected chi connectivity index (χ3v) is 5.38. The minimum absolute atomic E-state index is 1.20. The number of rotatable bonds is 1. The van der Waals surface area contributed by atoms with Crippen molar-refractivity contribution >= 4 is 44.4 Å². The lowest BCUT2D eigenvalue weighted by Gasteiger charge is -2.10. The molecule has 0 radical (unpaired) electrons. The van der Waals surface area contributed by atoms with Gasteiger partial charge in [-0.25, -0.2) is 0 Å². The second kappa shape index (κ2) is 4.88. The monoisotopic (exact) mass is 383 g/mol. The van der Waals surface area contributed by atoms with E-state index < -0.39 is 0 Å². The molecule has 0 bridgehead atoms. The highest BCUT2D eigenvalue weighted by Crippen LogP contribution is 2.38. The second-order valence-corrected chi connectivity index (χ2v) is 6.42. The summed E-state index contributed by atoms with van der Waals surface area (Å²) in [6.45, 7) is 2.19. The highest BCUT2D eigenvalue weighted by molar-refractivity contribution is 14.1. The molecule has 0 aliphatic rings. The predicted molar refractivity (Wildman–Crippen MR) is 98.7 cm³/mol. The van der Waals surface area contributed by atoms with Crippen LogP contribution >= 0.6 is 22.6 Å². The molecular weight excluding hydrogens is 369 g/mol. The molecule has 0 aliphatic heterocycles. The molecule has 4 rings (SSSR count). The van der Waals surface area contributed by atoms with E-state index in [-0.39, 0.29) is 0 Å². The topological polar surface area (TPSA) is 15.8 Å². The molecule has 102 valence electrons. The molecule has 1 aromatic heterocycles. The molecule has 0 spiro atoms. The van der Waals surface area contributed by atoms with Gasteiger partial charge in [0.2, 0.25) is 0 Å². The molecule has 0 saturated heterocycles. The van der Waals surface area contributed by atoms with Crippen LogP contribution in [-0.4, -0.2) is 4.98 Å². The second-order valence-electron chi connectivity index (χ2n) is 5.34. The van der Waals surface area contributed by atoms with Crippen molar-refractivity contribution < 1.29 is 0 Å². The SMILES string of the molecule is Cc1cc2c([nH]c3ccccc32)c(-c2ccccc2)c1I. The molecule has 4 aromatic rings. The summed E-state index contributed by atoms with van der Waals surface area (Å²) in [7, 11) is 0. The van der Waals surface area contributed by atoms with Crippen LogP contribution in [0.25, 0.3) is 32.9 Å². The van der Waals surface area contributed by atoms with Crippen LogP contribution < -0.4 is 0 Å². The third kappa shape index (κ3) is 1.97. The fraction of sp³-hybridized carbons (Fsp3) is 0.0526. The third-order valence-electron chi connectivity index (χ3n) is 3.99. The lowest BCUT2D eigenvalue weighted by Crippen LogP contribution is -1.89. The van der Waals surface area contributed by atoms with E-state index in [0.29, 0.717) is 0 Å². The predicted octanol–water partition coefficient (Wildman–Crippen LogP) is 5.90. The van der Waals surface area contributed by atoms with Gasteiger partial charge >= 0.3 is 0 Å². The number of H-pyrrole nitrogens is 1. The summed E-state index contributed by atoms with van der Waals surface area (Å²) in [5, 5.41) is 2.60. The Morgan fingerprint density at radius 1 is 0.857 bits per heavy atom. The molecule has 0 amide bonds. The van der Waals surface area contributed by atoms with Crippen molar-refractivity contribution in [3.8, 4) is 11.1 Å². The van der Waals surface area contributed by atoms with Crippen molar-refractivity contribution in [2.24, 2.45) is 0 Å². The van der Waals surface area contributed by atoms with Gasteiger partial charge in [-0.15, -0.1) is 0 Å². The number of hydrogen-bond donors (Lipinski definition) is 1. The molecule has 0 aliphatic carbocycles. The maximum atomic E-state index is 3.61. The van der Waals surface area contributed by atoms with Crippen LogP contribution in [0, 0.1) is 10.5 Å². The first-order chi connectivity index (χ1) is 10.3. The number of aryl methyl sites for hydroxylation is 1. The molecule has 1 nitrogen and oxygen atoms in total. The first kappa shape index (κ1) is 12.9. The smallest absolute Gasteiger partial charge is 0.0555 e. The van der Waals surface area contributed by atoms with Crippen molar-refractivity contribution in [1.29, 1.82) is 0 Å². The highest BCUT2D eigenvalue weighted by atomic mass is 127. The first-order valence-corrected chi connectivity index (χ1v) is 8.08. The van der Waals surface area contributed by atoms with Crippen LogP contribution in [0.3, 0.4) is 0 Å². The molecule has 0 fully saturated rings. The maximum Gasteiger partial charge on any atom is 0.0555 e. The van der Waals surface area contributed by atoms with Crippen LogP contribution in [-0.2, 0) is 0 Å². The summed E-state index contributed by atoms with van der Waals surface area (Å²) in [6.07, 6.45) is 0. The lowest BCUT2D eigenvalue weighted by molar-refractivity contribution is 1.44. The summed E-state index contributed by atoms with van der Waals surface area (Å²) >= 11 is 2.46. The molecule has 0 unspecified atom stereocenters. The summed E-state index contributed by atoms with van der Waals surface area (Å²) in [6, 6.07) is 21.4. The molecule has 2 heteroatoms. The highest BCUT2D eigenvalue weighted by Gasteiger charge is 2.14. The number of halogens is 1. The zero-order valence-electron chi connectivity index (χ0n) is 11.7. The lowest BCUT2D eigenvalue weighted by atomic mass is 9.99. The van der Waals surface area contributed by atoms with Gasteiger partial charge < -0.3 is 4.98 Å². The number of aromatic amines is 1. The van der Waals surface area contributed by atoms with E-state index in [4.69, 9.17) is 0 Å². The molecular formula is C19H14IN. The maximum absolute atomic E-state index is 3.61. The number of aromatic nitrogens is 1. The fourth-order valence-electron chi connectivity index (χ4n) is 2.97. The minimum atomic E-state index is 1.20. The number of benzene rings is 3. The van der Waals surface area contributed by atoms with Gasteiger partial charge in [0.1, 0.15) is 0 Å². The summed E-state index contributed by atoms with van der Waals surface area (Å²) in [5.74, 6) is 0.